The van der Waals surface area contributed by atoms with Crippen molar-refractivity contribution in [2.75, 3.05) is 0 Å². The predicted molar refractivity (Wildman–Crippen MR) is 55.0 cm³/mol. The maximum Gasteiger partial charge on any atom is 0.159 e. The Bertz CT molecular complexity index is 316. The Balaban J connectivity index is 2.79. The van der Waals surface area contributed by atoms with Crippen LogP contribution < -0.4 is 4.72 Å². The molecule has 0 aromatic rings. The van der Waals surface area contributed by atoms with Crippen LogP contribution in [0.3, 0.4) is 0 Å². The van der Waals surface area contributed by atoms with Crippen LogP contribution in [0.25, 0.3) is 0 Å². The third-order valence-electron chi connectivity index (χ3n) is 3.35. The van der Waals surface area contributed by atoms with Crippen molar-refractivity contribution in [1.82, 2.24) is 4.72 Å². The first-order valence-electron chi connectivity index (χ1n) is 5.11. The Morgan fingerprint density at radius 3 is 2.07 bits per heavy atom. The molecule has 1 aliphatic heterocycles. The molecule has 1 rings (SSSR count). The smallest absolute Gasteiger partial charge is 0.159 e. The summed E-state index contributed by atoms with van der Waals surface area (Å²) >= 11 is 0. The summed E-state index contributed by atoms with van der Waals surface area (Å²) in [6.07, 6.45) is -0.183. The minimum absolute atomic E-state index is 0.0856. The maximum atomic E-state index is 10.7. The van der Waals surface area contributed by atoms with E-state index < -0.39 is 16.3 Å². The zero-order valence-corrected chi connectivity index (χ0v) is 10.2. The van der Waals surface area contributed by atoms with E-state index in [4.69, 9.17) is 4.74 Å². The molecule has 6 heteroatoms. The van der Waals surface area contributed by atoms with E-state index in [0.717, 1.165) is 0 Å². The second-order valence-corrected chi connectivity index (χ2v) is 5.51. The van der Waals surface area contributed by atoms with Gasteiger partial charge in [-0.15, -0.1) is 0 Å². The Kier molecular flexibility index (Phi) is 3.76. The fourth-order valence-corrected chi connectivity index (χ4v) is 2.84. The Labute approximate surface area is 91.1 Å². The highest BCUT2D eigenvalue weighted by Crippen LogP contribution is 2.30. The van der Waals surface area contributed by atoms with Crippen molar-refractivity contribution >= 4 is 10.3 Å². The Hall–Kier alpha value is -0.170. The Morgan fingerprint density at radius 2 is 1.60 bits per heavy atom. The monoisotopic (exact) mass is 236 g/mol. The summed E-state index contributed by atoms with van der Waals surface area (Å²) in [5.74, 6) is 0.313. The highest BCUT2D eigenvalue weighted by molar-refractivity contribution is 7.83. The molecular weight excluding hydrogens is 218 g/mol. The molecule has 1 heterocycles. The highest BCUT2D eigenvalue weighted by Gasteiger charge is 2.37. The quantitative estimate of drug-likeness (QED) is 0.707. The van der Waals surface area contributed by atoms with Gasteiger partial charge in [0.25, 0.3) is 0 Å². The van der Waals surface area contributed by atoms with E-state index in [9.17, 15) is 13.0 Å². The molecule has 5 atom stereocenters. The summed E-state index contributed by atoms with van der Waals surface area (Å²) in [5, 5.41) is 0. The normalized spacial score (nSPS) is 42.9. The van der Waals surface area contributed by atoms with Crippen LogP contribution in [0.1, 0.15) is 27.7 Å². The fourth-order valence-electron chi connectivity index (χ4n) is 2.10. The average Bonchev–Trinajstić information content (AvgIpc) is 2.07. The number of hydrogen-bond acceptors (Lipinski definition) is 4. The molecule has 0 amide bonds. The molecule has 1 aliphatic rings. The first-order valence-corrected chi connectivity index (χ1v) is 6.52. The molecule has 0 aliphatic carbocycles. The van der Waals surface area contributed by atoms with Gasteiger partial charge in [-0.05, 0) is 25.7 Å². The van der Waals surface area contributed by atoms with Crippen molar-refractivity contribution in [3.05, 3.63) is 0 Å². The summed E-state index contributed by atoms with van der Waals surface area (Å²) in [6.45, 7) is 7.66. The van der Waals surface area contributed by atoms with Gasteiger partial charge in [0.2, 0.25) is 0 Å². The first-order chi connectivity index (χ1) is 6.72. The van der Waals surface area contributed by atoms with E-state index in [1.54, 1.807) is 6.92 Å². The van der Waals surface area contributed by atoms with Crippen molar-refractivity contribution < 1.29 is 17.7 Å². The summed E-state index contributed by atoms with van der Waals surface area (Å²) in [4.78, 5) is 0. The largest absolute Gasteiger partial charge is 0.735 e. The van der Waals surface area contributed by atoms with Crippen molar-refractivity contribution in [3.8, 4) is 0 Å². The molecule has 90 valence electrons. The molecule has 0 aromatic carbocycles. The minimum Gasteiger partial charge on any atom is -0.735 e. The van der Waals surface area contributed by atoms with Gasteiger partial charge in [-0.1, -0.05) is 13.8 Å². The average molecular weight is 236 g/mol. The van der Waals surface area contributed by atoms with Gasteiger partial charge < -0.3 is 9.29 Å². The highest BCUT2D eigenvalue weighted by atomic mass is 32.2. The molecule has 5 nitrogen and oxygen atoms in total. The van der Waals surface area contributed by atoms with Gasteiger partial charge in [-0.25, -0.2) is 13.1 Å². The second-order valence-electron chi connectivity index (χ2n) is 4.36. The number of nitrogens with one attached hydrogen (secondary N) is 1. The molecule has 0 spiro atoms. The second kappa shape index (κ2) is 4.37. The lowest BCUT2D eigenvalue weighted by Gasteiger charge is -2.43. The first kappa shape index (κ1) is 12.9. The molecular formula is C9H18NO4S-. The Morgan fingerprint density at radius 1 is 1.07 bits per heavy atom. The molecule has 0 aromatic heterocycles. The molecule has 0 saturated carbocycles. The van der Waals surface area contributed by atoms with E-state index in [1.807, 2.05) is 20.8 Å². The number of ether oxygens (including phenoxy) is 1. The molecule has 1 fully saturated rings. The van der Waals surface area contributed by atoms with Crippen LogP contribution in [0.15, 0.2) is 0 Å². The predicted octanol–water partition coefficient (Wildman–Crippen LogP) is 0.484. The van der Waals surface area contributed by atoms with Gasteiger partial charge in [-0.2, -0.15) is 0 Å². The lowest BCUT2D eigenvalue weighted by Crippen LogP contribution is -2.55. The van der Waals surface area contributed by atoms with Crippen LogP contribution in [0, 0.1) is 11.8 Å². The van der Waals surface area contributed by atoms with E-state index in [1.165, 1.54) is 0 Å². The summed E-state index contributed by atoms with van der Waals surface area (Å²) in [5.41, 5.74) is 0. The van der Waals surface area contributed by atoms with Crippen LogP contribution in [-0.2, 0) is 15.0 Å². The van der Waals surface area contributed by atoms with Gasteiger partial charge in [-0.3, -0.25) is 0 Å². The van der Waals surface area contributed by atoms with E-state index in [0.29, 0.717) is 0 Å². The van der Waals surface area contributed by atoms with Crippen LogP contribution in [0.4, 0.5) is 0 Å². The van der Waals surface area contributed by atoms with Gasteiger partial charge in [0.15, 0.2) is 10.3 Å². The summed E-state index contributed by atoms with van der Waals surface area (Å²) < 4.78 is 39.6. The summed E-state index contributed by atoms with van der Waals surface area (Å²) in [7, 11) is -4.41. The number of hydrogen-bond donors (Lipinski definition) is 1. The van der Waals surface area contributed by atoms with Crippen molar-refractivity contribution in [2.24, 2.45) is 11.8 Å². The summed E-state index contributed by atoms with van der Waals surface area (Å²) in [6, 6.07) is -0.432. The third kappa shape index (κ3) is 3.14. The molecule has 15 heavy (non-hydrogen) atoms. The van der Waals surface area contributed by atoms with Crippen molar-refractivity contribution in [2.45, 2.75) is 45.9 Å². The van der Waals surface area contributed by atoms with E-state index in [2.05, 4.69) is 4.72 Å². The van der Waals surface area contributed by atoms with E-state index in [-0.39, 0.29) is 24.0 Å². The molecule has 1 N–H and O–H groups in total. The van der Waals surface area contributed by atoms with Crippen LogP contribution in [-0.4, -0.2) is 31.2 Å². The van der Waals surface area contributed by atoms with Crippen LogP contribution >= 0.6 is 0 Å². The maximum absolute atomic E-state index is 10.7. The third-order valence-corrected chi connectivity index (χ3v) is 3.91. The van der Waals surface area contributed by atoms with E-state index >= 15 is 0 Å². The van der Waals surface area contributed by atoms with Crippen LogP contribution in [0.5, 0.6) is 0 Å². The van der Waals surface area contributed by atoms with Gasteiger partial charge in [0, 0.05) is 6.04 Å². The van der Waals surface area contributed by atoms with Crippen LogP contribution in [0.2, 0.25) is 0 Å². The zero-order valence-electron chi connectivity index (χ0n) is 9.43. The lowest BCUT2D eigenvalue weighted by molar-refractivity contribution is -0.0995. The topological polar surface area (TPSA) is 78.5 Å². The van der Waals surface area contributed by atoms with Gasteiger partial charge >= 0.3 is 0 Å². The number of rotatable bonds is 2. The molecule has 0 radical (unpaired) electrons. The van der Waals surface area contributed by atoms with Gasteiger partial charge in [0.05, 0.1) is 12.2 Å². The van der Waals surface area contributed by atoms with Crippen molar-refractivity contribution in [1.29, 1.82) is 0 Å². The van der Waals surface area contributed by atoms with Crippen molar-refractivity contribution in [3.63, 3.8) is 0 Å². The van der Waals surface area contributed by atoms with Gasteiger partial charge in [0.1, 0.15) is 0 Å². The molecule has 1 saturated heterocycles. The standard InChI is InChI=1S/C9H19NO4S/c1-5-6(2)9(10-15(11,12)13)8(4)14-7(5)3/h5-10H,1-4H3,(H,11,12,13)/p-1. The molecule has 0 bridgehead atoms. The lowest BCUT2D eigenvalue weighted by atomic mass is 9.81. The minimum atomic E-state index is -4.41. The fraction of sp³-hybridized carbons (Fsp3) is 1.00. The zero-order chi connectivity index (χ0) is 11.8. The molecule has 5 unspecified atom stereocenters. The SMILES string of the molecule is CC1OC(C)C(NS(=O)(=O)[O-])C(C)C1C.